The normalized spacial score (nSPS) is 25.5. The fourth-order valence-electron chi connectivity index (χ4n) is 2.20. The lowest BCUT2D eigenvalue weighted by Gasteiger charge is -2.44. The van der Waals surface area contributed by atoms with E-state index in [0.717, 1.165) is 6.42 Å². The van der Waals surface area contributed by atoms with E-state index in [1.807, 2.05) is 20.8 Å². The lowest BCUT2D eigenvalue weighted by Crippen LogP contribution is -2.66. The first kappa shape index (κ1) is 16.0. The predicted molar refractivity (Wildman–Crippen MR) is 76.6 cm³/mol. The van der Waals surface area contributed by atoms with Crippen LogP contribution in [0.2, 0.25) is 0 Å². The SMILES string of the molecule is CCC(C)(C)CN1C(=O)C(C(C)(C)C)NC(=O)C1C. The lowest BCUT2D eigenvalue weighted by molar-refractivity contribution is -0.153. The third kappa shape index (κ3) is 3.48. The van der Waals surface area contributed by atoms with Gasteiger partial charge in [0.2, 0.25) is 11.8 Å². The molecule has 1 aliphatic rings. The van der Waals surface area contributed by atoms with E-state index in [0.29, 0.717) is 6.54 Å². The van der Waals surface area contributed by atoms with E-state index in [-0.39, 0.29) is 28.7 Å². The third-order valence-corrected chi connectivity index (χ3v) is 4.09. The second-order valence-electron chi connectivity index (χ2n) is 7.47. The molecule has 1 saturated heterocycles. The Bertz CT molecular complexity index is 369. The van der Waals surface area contributed by atoms with E-state index in [4.69, 9.17) is 0 Å². The van der Waals surface area contributed by atoms with Crippen LogP contribution in [0.3, 0.4) is 0 Å². The van der Waals surface area contributed by atoms with Crippen molar-refractivity contribution in [2.24, 2.45) is 10.8 Å². The van der Waals surface area contributed by atoms with Gasteiger partial charge >= 0.3 is 0 Å². The van der Waals surface area contributed by atoms with Crippen LogP contribution in [0.4, 0.5) is 0 Å². The molecule has 0 saturated carbocycles. The fourth-order valence-corrected chi connectivity index (χ4v) is 2.20. The molecule has 1 N–H and O–H groups in total. The number of rotatable bonds is 3. The average Bonchev–Trinajstić information content (AvgIpc) is 2.28. The first-order valence-corrected chi connectivity index (χ1v) is 7.10. The summed E-state index contributed by atoms with van der Waals surface area (Å²) >= 11 is 0. The zero-order valence-electron chi connectivity index (χ0n) is 13.3. The van der Waals surface area contributed by atoms with Crippen molar-refractivity contribution in [3.8, 4) is 0 Å². The van der Waals surface area contributed by atoms with E-state index >= 15 is 0 Å². The maximum atomic E-state index is 12.6. The molecule has 0 aromatic carbocycles. The van der Waals surface area contributed by atoms with Crippen molar-refractivity contribution in [3.05, 3.63) is 0 Å². The number of carbonyl (C=O) groups excluding carboxylic acids is 2. The minimum atomic E-state index is -0.427. The van der Waals surface area contributed by atoms with E-state index in [1.54, 1.807) is 11.8 Å². The maximum absolute atomic E-state index is 12.6. The van der Waals surface area contributed by atoms with Gasteiger partial charge in [-0.3, -0.25) is 9.59 Å². The minimum Gasteiger partial charge on any atom is -0.342 e. The molecule has 1 aliphatic heterocycles. The molecule has 2 unspecified atom stereocenters. The average molecular weight is 268 g/mol. The monoisotopic (exact) mass is 268 g/mol. The fraction of sp³-hybridized carbons (Fsp3) is 0.867. The number of nitrogens with one attached hydrogen (secondary N) is 1. The van der Waals surface area contributed by atoms with Gasteiger partial charge in [0, 0.05) is 6.54 Å². The number of piperazine rings is 1. The first-order valence-electron chi connectivity index (χ1n) is 7.10. The van der Waals surface area contributed by atoms with E-state index < -0.39 is 6.04 Å². The van der Waals surface area contributed by atoms with Gasteiger partial charge in [0.25, 0.3) is 0 Å². The molecular weight excluding hydrogens is 240 g/mol. The van der Waals surface area contributed by atoms with Crippen LogP contribution >= 0.6 is 0 Å². The molecule has 0 aliphatic carbocycles. The number of nitrogens with zero attached hydrogens (tertiary/aromatic N) is 1. The van der Waals surface area contributed by atoms with Crippen molar-refractivity contribution in [3.63, 3.8) is 0 Å². The summed E-state index contributed by atoms with van der Waals surface area (Å²) in [7, 11) is 0. The Morgan fingerprint density at radius 1 is 1.16 bits per heavy atom. The second-order valence-corrected chi connectivity index (χ2v) is 7.47. The van der Waals surface area contributed by atoms with Crippen LogP contribution in [0.5, 0.6) is 0 Å². The van der Waals surface area contributed by atoms with Gasteiger partial charge in [-0.15, -0.1) is 0 Å². The van der Waals surface area contributed by atoms with Crippen molar-refractivity contribution in [2.45, 2.75) is 67.0 Å². The highest BCUT2D eigenvalue weighted by molar-refractivity contribution is 5.97. The Labute approximate surface area is 116 Å². The van der Waals surface area contributed by atoms with Crippen LogP contribution in [-0.2, 0) is 9.59 Å². The molecule has 1 fully saturated rings. The Morgan fingerprint density at radius 2 is 1.68 bits per heavy atom. The predicted octanol–water partition coefficient (Wildman–Crippen LogP) is 2.18. The van der Waals surface area contributed by atoms with E-state index in [9.17, 15) is 9.59 Å². The molecule has 0 aromatic rings. The first-order chi connectivity index (χ1) is 8.49. The van der Waals surface area contributed by atoms with Gasteiger partial charge in [-0.2, -0.15) is 0 Å². The zero-order chi connectivity index (χ0) is 15.0. The molecule has 2 amide bonds. The summed E-state index contributed by atoms with van der Waals surface area (Å²) in [6.07, 6.45) is 0.977. The summed E-state index contributed by atoms with van der Waals surface area (Å²) in [4.78, 5) is 26.5. The van der Waals surface area contributed by atoms with Crippen molar-refractivity contribution in [1.82, 2.24) is 10.2 Å². The number of amides is 2. The summed E-state index contributed by atoms with van der Waals surface area (Å²) < 4.78 is 0. The van der Waals surface area contributed by atoms with Crippen molar-refractivity contribution < 1.29 is 9.59 Å². The quantitative estimate of drug-likeness (QED) is 0.853. The van der Waals surface area contributed by atoms with Crippen LogP contribution in [0.25, 0.3) is 0 Å². The number of carbonyl (C=O) groups is 2. The van der Waals surface area contributed by atoms with Crippen molar-refractivity contribution in [2.75, 3.05) is 6.54 Å². The maximum Gasteiger partial charge on any atom is 0.246 e. The van der Waals surface area contributed by atoms with Gasteiger partial charge in [-0.05, 0) is 24.2 Å². The van der Waals surface area contributed by atoms with Gasteiger partial charge < -0.3 is 10.2 Å². The minimum absolute atomic E-state index is 0.0317. The van der Waals surface area contributed by atoms with Gasteiger partial charge in [-0.1, -0.05) is 41.5 Å². The molecule has 0 aromatic heterocycles. The zero-order valence-corrected chi connectivity index (χ0v) is 13.3. The molecule has 19 heavy (non-hydrogen) atoms. The molecule has 110 valence electrons. The molecule has 2 atom stereocenters. The molecule has 0 bridgehead atoms. The third-order valence-electron chi connectivity index (χ3n) is 4.09. The lowest BCUT2D eigenvalue weighted by atomic mass is 9.82. The summed E-state index contributed by atoms with van der Waals surface area (Å²) in [6, 6.07) is -0.805. The summed E-state index contributed by atoms with van der Waals surface area (Å²) in [5.41, 5.74) is -0.231. The molecule has 1 heterocycles. The Kier molecular flexibility index (Phi) is 4.33. The topological polar surface area (TPSA) is 49.4 Å². The number of hydrogen-bond donors (Lipinski definition) is 1. The van der Waals surface area contributed by atoms with Crippen molar-refractivity contribution in [1.29, 1.82) is 0 Å². The molecule has 0 spiro atoms. The van der Waals surface area contributed by atoms with Gasteiger partial charge in [-0.25, -0.2) is 0 Å². The summed E-state index contributed by atoms with van der Waals surface area (Å²) in [5.74, 6) is -0.00690. The van der Waals surface area contributed by atoms with Gasteiger partial charge in [0.1, 0.15) is 12.1 Å². The molecule has 1 rings (SSSR count). The second kappa shape index (κ2) is 5.14. The van der Waals surface area contributed by atoms with Crippen LogP contribution < -0.4 is 5.32 Å². The number of hydrogen-bond acceptors (Lipinski definition) is 2. The molecule has 4 nitrogen and oxygen atoms in total. The highest BCUT2D eigenvalue weighted by atomic mass is 16.2. The van der Waals surface area contributed by atoms with Gasteiger partial charge in [0.05, 0.1) is 0 Å². The summed E-state index contributed by atoms with van der Waals surface area (Å²) in [6.45, 7) is 14.7. The highest BCUT2D eigenvalue weighted by Crippen LogP contribution is 2.29. The van der Waals surface area contributed by atoms with Crippen LogP contribution in [0, 0.1) is 10.8 Å². The van der Waals surface area contributed by atoms with Crippen LogP contribution in [0.15, 0.2) is 0 Å². The van der Waals surface area contributed by atoms with Crippen molar-refractivity contribution >= 4 is 11.8 Å². The molecular formula is C15H28N2O2. The molecule has 4 heteroatoms. The van der Waals surface area contributed by atoms with E-state index in [2.05, 4.69) is 26.1 Å². The Hall–Kier alpha value is -1.06. The van der Waals surface area contributed by atoms with Gasteiger partial charge in [0.15, 0.2) is 0 Å². The smallest absolute Gasteiger partial charge is 0.246 e. The van der Waals surface area contributed by atoms with Crippen LogP contribution in [0.1, 0.15) is 54.9 Å². The Morgan fingerprint density at radius 3 is 2.11 bits per heavy atom. The van der Waals surface area contributed by atoms with Crippen LogP contribution in [-0.4, -0.2) is 35.3 Å². The largest absolute Gasteiger partial charge is 0.342 e. The summed E-state index contributed by atoms with van der Waals surface area (Å²) in [5, 5.41) is 2.86. The molecule has 0 radical (unpaired) electrons. The highest BCUT2D eigenvalue weighted by Gasteiger charge is 2.44. The Balaban J connectivity index is 3.00. The standard InChI is InChI=1S/C15H28N2O2/c1-8-15(6,7)9-17-10(2)12(18)16-11(13(17)19)14(3,4)5/h10-11H,8-9H2,1-7H3,(H,16,18). The van der Waals surface area contributed by atoms with E-state index in [1.165, 1.54) is 0 Å².